The van der Waals surface area contributed by atoms with Gasteiger partial charge in [0, 0.05) is 10.7 Å². The molecule has 0 saturated heterocycles. The molecule has 1 saturated carbocycles. The van der Waals surface area contributed by atoms with Crippen LogP contribution < -0.4 is 5.32 Å². The third-order valence-electron chi connectivity index (χ3n) is 2.64. The number of rotatable bonds is 2. The Labute approximate surface area is 91.9 Å². The first kappa shape index (κ1) is 8.92. The fraction of sp³-hybridized carbons (Fsp3) is 0.250. The molecule has 1 fully saturated rings. The highest BCUT2D eigenvalue weighted by molar-refractivity contribution is 7.17. The molecule has 1 amide bonds. The molecule has 1 aromatic heterocycles. The molecule has 1 aliphatic rings. The second kappa shape index (κ2) is 3.35. The highest BCUT2D eigenvalue weighted by atomic mass is 32.1. The first-order valence-electron chi connectivity index (χ1n) is 5.12. The lowest BCUT2D eigenvalue weighted by atomic mass is 10.1. The predicted molar refractivity (Wildman–Crippen MR) is 62.3 cm³/mol. The molecule has 1 aliphatic carbocycles. The molecule has 1 aromatic carbocycles. The Balaban J connectivity index is 2.01. The van der Waals surface area contributed by atoms with E-state index in [4.69, 9.17) is 0 Å². The van der Waals surface area contributed by atoms with Gasteiger partial charge in [0.15, 0.2) is 0 Å². The number of carbonyl (C=O) groups excluding carboxylic acids is 1. The summed E-state index contributed by atoms with van der Waals surface area (Å²) in [6.45, 7) is 0. The minimum atomic E-state index is 0.0746. The molecule has 0 unspecified atom stereocenters. The minimum absolute atomic E-state index is 0.0746. The van der Waals surface area contributed by atoms with Crippen LogP contribution in [0.3, 0.4) is 0 Å². The van der Waals surface area contributed by atoms with E-state index in [0.717, 1.165) is 28.5 Å². The van der Waals surface area contributed by atoms with Gasteiger partial charge in [0.05, 0.1) is 5.56 Å². The maximum atomic E-state index is 11.9. The molecule has 15 heavy (non-hydrogen) atoms. The Bertz CT molecular complexity index is 513. The lowest BCUT2D eigenvalue weighted by molar-refractivity contribution is 0.0953. The molecule has 0 aliphatic heterocycles. The van der Waals surface area contributed by atoms with Crippen molar-refractivity contribution in [2.45, 2.75) is 18.9 Å². The summed E-state index contributed by atoms with van der Waals surface area (Å²) in [5.41, 5.74) is 0.814. The Morgan fingerprint density at radius 2 is 2.20 bits per heavy atom. The molecule has 0 radical (unpaired) electrons. The highest BCUT2D eigenvalue weighted by Gasteiger charge is 2.24. The second-order valence-electron chi connectivity index (χ2n) is 3.89. The van der Waals surface area contributed by atoms with Gasteiger partial charge < -0.3 is 5.32 Å². The maximum Gasteiger partial charge on any atom is 0.252 e. The van der Waals surface area contributed by atoms with Crippen LogP contribution in [0.1, 0.15) is 23.2 Å². The van der Waals surface area contributed by atoms with Gasteiger partial charge in [-0.25, -0.2) is 0 Å². The van der Waals surface area contributed by atoms with E-state index in [9.17, 15) is 4.79 Å². The zero-order valence-corrected chi connectivity index (χ0v) is 9.01. The molecule has 2 nitrogen and oxygen atoms in total. The fourth-order valence-corrected chi connectivity index (χ4v) is 2.57. The molecule has 0 atom stereocenters. The number of nitrogens with one attached hydrogen (secondary N) is 1. The number of amides is 1. The standard InChI is InChI=1S/C12H11NOS/c14-12(13-9-4-5-9)10-3-1-2-8-6-7-15-11(8)10/h1-3,6-7,9H,4-5H2,(H,13,14). The van der Waals surface area contributed by atoms with Gasteiger partial charge in [-0.15, -0.1) is 11.3 Å². The van der Waals surface area contributed by atoms with Gasteiger partial charge in [-0.2, -0.15) is 0 Å². The summed E-state index contributed by atoms with van der Waals surface area (Å²) in [7, 11) is 0. The Hall–Kier alpha value is -1.35. The molecule has 1 heterocycles. The average molecular weight is 217 g/mol. The van der Waals surface area contributed by atoms with E-state index < -0.39 is 0 Å². The first-order chi connectivity index (χ1) is 7.34. The van der Waals surface area contributed by atoms with Gasteiger partial charge in [-0.1, -0.05) is 12.1 Å². The number of benzene rings is 1. The van der Waals surface area contributed by atoms with Crippen LogP contribution in [0.2, 0.25) is 0 Å². The molecule has 3 rings (SSSR count). The molecule has 2 aromatic rings. The Morgan fingerprint density at radius 3 is 3.00 bits per heavy atom. The summed E-state index contributed by atoms with van der Waals surface area (Å²) < 4.78 is 1.09. The summed E-state index contributed by atoms with van der Waals surface area (Å²) in [4.78, 5) is 11.9. The van der Waals surface area contributed by atoms with Gasteiger partial charge >= 0.3 is 0 Å². The van der Waals surface area contributed by atoms with Gasteiger partial charge in [0.1, 0.15) is 0 Å². The topological polar surface area (TPSA) is 29.1 Å². The highest BCUT2D eigenvalue weighted by Crippen LogP contribution is 2.26. The SMILES string of the molecule is O=C(NC1CC1)c1cccc2ccsc12. The van der Waals surface area contributed by atoms with E-state index in [1.54, 1.807) is 11.3 Å². The first-order valence-corrected chi connectivity index (χ1v) is 5.99. The summed E-state index contributed by atoms with van der Waals surface area (Å²) in [6.07, 6.45) is 2.26. The van der Waals surface area contributed by atoms with E-state index >= 15 is 0 Å². The van der Waals surface area contributed by atoms with E-state index in [1.807, 2.05) is 29.6 Å². The Morgan fingerprint density at radius 1 is 1.33 bits per heavy atom. The zero-order chi connectivity index (χ0) is 10.3. The van der Waals surface area contributed by atoms with Crippen molar-refractivity contribution in [3.8, 4) is 0 Å². The molecular weight excluding hydrogens is 206 g/mol. The van der Waals surface area contributed by atoms with Crippen LogP contribution in [-0.4, -0.2) is 11.9 Å². The third-order valence-corrected chi connectivity index (χ3v) is 3.60. The van der Waals surface area contributed by atoms with Crippen molar-refractivity contribution in [1.29, 1.82) is 0 Å². The van der Waals surface area contributed by atoms with Crippen LogP contribution in [0.5, 0.6) is 0 Å². The van der Waals surface area contributed by atoms with Crippen molar-refractivity contribution >= 4 is 27.3 Å². The predicted octanol–water partition coefficient (Wildman–Crippen LogP) is 2.79. The summed E-state index contributed by atoms with van der Waals surface area (Å²) in [5, 5.41) is 6.20. The molecule has 76 valence electrons. The molecule has 0 bridgehead atoms. The van der Waals surface area contributed by atoms with Crippen LogP contribution in [0, 0.1) is 0 Å². The van der Waals surface area contributed by atoms with Crippen molar-refractivity contribution in [3.05, 3.63) is 35.2 Å². The lowest BCUT2D eigenvalue weighted by Gasteiger charge is -2.03. The number of hydrogen-bond donors (Lipinski definition) is 1. The second-order valence-corrected chi connectivity index (χ2v) is 4.81. The van der Waals surface area contributed by atoms with Crippen molar-refractivity contribution in [1.82, 2.24) is 5.32 Å². The van der Waals surface area contributed by atoms with Gasteiger partial charge in [0.25, 0.3) is 5.91 Å². The van der Waals surface area contributed by atoms with E-state index in [1.165, 1.54) is 0 Å². The van der Waals surface area contributed by atoms with Gasteiger partial charge in [-0.3, -0.25) is 4.79 Å². The fourth-order valence-electron chi connectivity index (χ4n) is 1.66. The number of carbonyl (C=O) groups is 1. The Kier molecular flexibility index (Phi) is 1.99. The van der Waals surface area contributed by atoms with Crippen molar-refractivity contribution < 1.29 is 4.79 Å². The smallest absolute Gasteiger partial charge is 0.252 e. The summed E-state index contributed by atoms with van der Waals surface area (Å²) >= 11 is 1.63. The van der Waals surface area contributed by atoms with Crippen LogP contribution in [0.25, 0.3) is 10.1 Å². The van der Waals surface area contributed by atoms with Gasteiger partial charge in [-0.05, 0) is 35.7 Å². The average Bonchev–Trinajstić information content (AvgIpc) is 2.93. The molecular formula is C12H11NOS. The van der Waals surface area contributed by atoms with Crippen LogP contribution >= 0.6 is 11.3 Å². The van der Waals surface area contributed by atoms with Crippen LogP contribution in [0.4, 0.5) is 0 Å². The van der Waals surface area contributed by atoms with E-state index in [2.05, 4.69) is 5.32 Å². The van der Waals surface area contributed by atoms with Crippen molar-refractivity contribution in [2.24, 2.45) is 0 Å². The van der Waals surface area contributed by atoms with Crippen LogP contribution in [0.15, 0.2) is 29.6 Å². The van der Waals surface area contributed by atoms with Gasteiger partial charge in [0.2, 0.25) is 0 Å². The molecule has 0 spiro atoms. The van der Waals surface area contributed by atoms with E-state index in [-0.39, 0.29) is 5.91 Å². The normalized spacial score (nSPS) is 15.5. The monoisotopic (exact) mass is 217 g/mol. The van der Waals surface area contributed by atoms with Crippen LogP contribution in [-0.2, 0) is 0 Å². The number of fused-ring (bicyclic) bond motifs is 1. The quantitative estimate of drug-likeness (QED) is 0.823. The molecule has 3 heteroatoms. The minimum Gasteiger partial charge on any atom is -0.349 e. The third kappa shape index (κ3) is 1.63. The maximum absolute atomic E-state index is 11.9. The number of hydrogen-bond acceptors (Lipinski definition) is 2. The largest absolute Gasteiger partial charge is 0.349 e. The summed E-state index contributed by atoms with van der Waals surface area (Å²) in [5.74, 6) is 0.0746. The molecule has 1 N–H and O–H groups in total. The van der Waals surface area contributed by atoms with Crippen molar-refractivity contribution in [3.63, 3.8) is 0 Å². The zero-order valence-electron chi connectivity index (χ0n) is 8.19. The lowest BCUT2D eigenvalue weighted by Crippen LogP contribution is -2.25. The summed E-state index contributed by atoms with van der Waals surface area (Å²) in [6, 6.07) is 8.36. The van der Waals surface area contributed by atoms with Crippen molar-refractivity contribution in [2.75, 3.05) is 0 Å². The number of thiophene rings is 1. The van der Waals surface area contributed by atoms with E-state index in [0.29, 0.717) is 6.04 Å².